The summed E-state index contributed by atoms with van der Waals surface area (Å²) in [6.45, 7) is 2.75. The number of likely N-dealkylation sites (tertiary alicyclic amines) is 1. The Hall–Kier alpha value is -0.940. The second-order valence-electron chi connectivity index (χ2n) is 4.89. The Morgan fingerprint density at radius 3 is 2.74 bits per heavy atom. The largest absolute Gasteiger partial charge is 0.481 e. The summed E-state index contributed by atoms with van der Waals surface area (Å²) in [6, 6.07) is 4.46. The number of rotatable bonds is 5. The van der Waals surface area contributed by atoms with Gasteiger partial charge in [-0.15, -0.1) is 0 Å². The Balaban J connectivity index is 2.10. The minimum Gasteiger partial charge on any atom is -0.481 e. The van der Waals surface area contributed by atoms with E-state index in [-0.39, 0.29) is 5.56 Å². The zero-order valence-electron chi connectivity index (χ0n) is 10.6. The monoisotopic (exact) mass is 329 g/mol. The molecule has 0 spiro atoms. The molecule has 1 aromatic carbocycles. The lowest BCUT2D eigenvalue weighted by atomic mass is 9.95. The van der Waals surface area contributed by atoms with Crippen LogP contribution in [0.25, 0.3) is 0 Å². The molecule has 1 aliphatic heterocycles. The first-order valence-electron chi connectivity index (χ1n) is 6.48. The fourth-order valence-corrected chi connectivity index (χ4v) is 2.89. The van der Waals surface area contributed by atoms with Crippen molar-refractivity contribution in [1.82, 2.24) is 4.90 Å². The number of hydrogen-bond donors (Lipinski definition) is 1. The van der Waals surface area contributed by atoms with Gasteiger partial charge < -0.3 is 10.0 Å². The zero-order valence-corrected chi connectivity index (χ0v) is 12.2. The molecule has 0 amide bonds. The molecule has 1 heterocycles. The van der Waals surface area contributed by atoms with Gasteiger partial charge in [0.15, 0.2) is 0 Å². The van der Waals surface area contributed by atoms with Crippen LogP contribution in [0.2, 0.25) is 0 Å². The molecule has 3 nitrogen and oxygen atoms in total. The highest BCUT2D eigenvalue weighted by molar-refractivity contribution is 9.10. The van der Waals surface area contributed by atoms with Crippen LogP contribution in [0, 0.1) is 5.82 Å². The number of aliphatic carboxylic acids is 1. The lowest BCUT2D eigenvalue weighted by Gasteiger charge is -2.19. The molecule has 1 saturated heterocycles. The maximum atomic E-state index is 13.8. The van der Waals surface area contributed by atoms with Crippen LogP contribution in [0.1, 0.15) is 30.7 Å². The molecule has 0 aliphatic carbocycles. The van der Waals surface area contributed by atoms with Gasteiger partial charge in [0.1, 0.15) is 5.82 Å². The van der Waals surface area contributed by atoms with Crippen molar-refractivity contribution in [3.63, 3.8) is 0 Å². The van der Waals surface area contributed by atoms with Crippen molar-refractivity contribution in [3.05, 3.63) is 34.1 Å². The van der Waals surface area contributed by atoms with Crippen LogP contribution >= 0.6 is 15.9 Å². The average Bonchev–Trinajstić information content (AvgIpc) is 2.86. The zero-order chi connectivity index (χ0) is 13.8. The second-order valence-corrected chi connectivity index (χ2v) is 5.81. The van der Waals surface area contributed by atoms with E-state index in [9.17, 15) is 14.3 Å². The SMILES string of the molecule is O=C(O)C(CCN1CCCC1)c1cc(Br)ccc1F. The molecule has 5 heteroatoms. The second kappa shape index (κ2) is 6.48. The van der Waals surface area contributed by atoms with Gasteiger partial charge in [0.25, 0.3) is 0 Å². The first kappa shape index (κ1) is 14.5. The highest BCUT2D eigenvalue weighted by Gasteiger charge is 2.24. The van der Waals surface area contributed by atoms with Crippen molar-refractivity contribution >= 4 is 21.9 Å². The van der Waals surface area contributed by atoms with Gasteiger partial charge in [-0.3, -0.25) is 4.79 Å². The molecular weight excluding hydrogens is 313 g/mol. The van der Waals surface area contributed by atoms with Gasteiger partial charge in [-0.2, -0.15) is 0 Å². The maximum absolute atomic E-state index is 13.8. The molecule has 1 atom stereocenters. The van der Waals surface area contributed by atoms with Crippen LogP contribution in [0.5, 0.6) is 0 Å². The molecule has 1 N–H and O–H groups in total. The molecule has 1 unspecified atom stereocenters. The van der Waals surface area contributed by atoms with Crippen LogP contribution in [0.4, 0.5) is 4.39 Å². The van der Waals surface area contributed by atoms with Gasteiger partial charge in [-0.1, -0.05) is 15.9 Å². The molecule has 1 aliphatic rings. The summed E-state index contributed by atoms with van der Waals surface area (Å²) >= 11 is 3.26. The van der Waals surface area contributed by atoms with Crippen molar-refractivity contribution in [2.24, 2.45) is 0 Å². The average molecular weight is 330 g/mol. The number of carboxylic acids is 1. The lowest BCUT2D eigenvalue weighted by Crippen LogP contribution is -2.25. The Morgan fingerprint density at radius 1 is 1.42 bits per heavy atom. The van der Waals surface area contributed by atoms with Crippen molar-refractivity contribution in [1.29, 1.82) is 0 Å². The van der Waals surface area contributed by atoms with E-state index in [1.54, 1.807) is 12.1 Å². The molecule has 0 saturated carbocycles. The van der Waals surface area contributed by atoms with E-state index < -0.39 is 17.7 Å². The Labute approximate surface area is 120 Å². The highest BCUT2D eigenvalue weighted by Crippen LogP contribution is 2.27. The number of hydrogen-bond acceptors (Lipinski definition) is 2. The van der Waals surface area contributed by atoms with Gasteiger partial charge in [0.05, 0.1) is 5.92 Å². The Morgan fingerprint density at radius 2 is 2.11 bits per heavy atom. The molecule has 2 rings (SSSR count). The lowest BCUT2D eigenvalue weighted by molar-refractivity contribution is -0.139. The Bertz CT molecular complexity index is 461. The molecular formula is C14H17BrFNO2. The van der Waals surface area contributed by atoms with Crippen molar-refractivity contribution in [3.8, 4) is 0 Å². The van der Waals surface area contributed by atoms with Crippen molar-refractivity contribution < 1.29 is 14.3 Å². The van der Waals surface area contributed by atoms with Crippen molar-refractivity contribution in [2.75, 3.05) is 19.6 Å². The van der Waals surface area contributed by atoms with E-state index in [1.807, 2.05) is 0 Å². The van der Waals surface area contributed by atoms with Crippen LogP contribution in [-0.4, -0.2) is 35.6 Å². The maximum Gasteiger partial charge on any atom is 0.311 e. The van der Waals surface area contributed by atoms with E-state index in [4.69, 9.17) is 0 Å². The highest BCUT2D eigenvalue weighted by atomic mass is 79.9. The van der Waals surface area contributed by atoms with Gasteiger partial charge in [-0.05, 0) is 57.1 Å². The summed E-state index contributed by atoms with van der Waals surface area (Å²) in [4.78, 5) is 13.6. The summed E-state index contributed by atoms with van der Waals surface area (Å²) in [6.07, 6.45) is 2.79. The minimum atomic E-state index is -0.962. The van der Waals surface area contributed by atoms with E-state index in [2.05, 4.69) is 20.8 Å². The standard InChI is InChI=1S/C14H17BrFNO2/c15-10-3-4-13(16)12(9-10)11(14(18)19)5-8-17-6-1-2-7-17/h3-4,9,11H,1-2,5-8H2,(H,18,19). The van der Waals surface area contributed by atoms with Crippen LogP contribution in [0.15, 0.2) is 22.7 Å². The third kappa shape index (κ3) is 3.76. The molecule has 1 aromatic rings. The Kier molecular flexibility index (Phi) is 4.93. The topological polar surface area (TPSA) is 40.5 Å². The molecule has 1 fully saturated rings. The predicted molar refractivity (Wildman–Crippen MR) is 74.8 cm³/mol. The first-order valence-corrected chi connectivity index (χ1v) is 7.27. The molecule has 19 heavy (non-hydrogen) atoms. The van der Waals surface area contributed by atoms with Gasteiger partial charge in [0.2, 0.25) is 0 Å². The third-order valence-electron chi connectivity index (χ3n) is 3.56. The number of nitrogens with zero attached hydrogens (tertiary/aromatic N) is 1. The van der Waals surface area contributed by atoms with E-state index in [0.29, 0.717) is 17.4 Å². The third-order valence-corrected chi connectivity index (χ3v) is 4.06. The molecule has 0 aromatic heterocycles. The van der Waals surface area contributed by atoms with Gasteiger partial charge in [0, 0.05) is 10.0 Å². The smallest absolute Gasteiger partial charge is 0.311 e. The summed E-state index contributed by atoms with van der Waals surface area (Å²) in [5, 5.41) is 9.32. The fourth-order valence-electron chi connectivity index (χ4n) is 2.51. The van der Waals surface area contributed by atoms with Crippen LogP contribution in [-0.2, 0) is 4.79 Å². The summed E-state index contributed by atoms with van der Waals surface area (Å²) in [5.41, 5.74) is 0.265. The normalized spacial score (nSPS) is 17.6. The van der Waals surface area contributed by atoms with Gasteiger partial charge >= 0.3 is 5.97 Å². The van der Waals surface area contributed by atoms with E-state index in [1.165, 1.54) is 18.9 Å². The quantitative estimate of drug-likeness (QED) is 0.901. The summed E-state index contributed by atoms with van der Waals surface area (Å²) < 4.78 is 14.5. The van der Waals surface area contributed by atoms with E-state index in [0.717, 1.165) is 13.1 Å². The first-order chi connectivity index (χ1) is 9.08. The number of carbonyl (C=O) groups is 1. The van der Waals surface area contributed by atoms with Crippen molar-refractivity contribution in [2.45, 2.75) is 25.2 Å². The fraction of sp³-hybridized carbons (Fsp3) is 0.500. The molecule has 0 bridgehead atoms. The molecule has 0 radical (unpaired) electrons. The summed E-state index contributed by atoms with van der Waals surface area (Å²) in [7, 11) is 0. The summed E-state index contributed by atoms with van der Waals surface area (Å²) in [5.74, 6) is -2.19. The van der Waals surface area contributed by atoms with Crippen LogP contribution in [0.3, 0.4) is 0 Å². The van der Waals surface area contributed by atoms with Crippen LogP contribution < -0.4 is 0 Å². The minimum absolute atomic E-state index is 0.265. The predicted octanol–water partition coefficient (Wildman–Crippen LogP) is 3.24. The number of benzene rings is 1. The number of carboxylic acid groups (broad SMARTS) is 1. The van der Waals surface area contributed by atoms with Gasteiger partial charge in [-0.25, -0.2) is 4.39 Å². The molecule has 104 valence electrons. The van der Waals surface area contributed by atoms with E-state index >= 15 is 0 Å². The number of halogens is 2.